The zero-order chi connectivity index (χ0) is 16.4. The first-order chi connectivity index (χ1) is 9.42. The normalized spacial score (nSPS) is 11.9. The van der Waals surface area contributed by atoms with Gasteiger partial charge in [-0.2, -0.15) is 0 Å². The Morgan fingerprint density at radius 1 is 1.24 bits per heavy atom. The summed E-state index contributed by atoms with van der Waals surface area (Å²) in [6.07, 6.45) is -4.88. The highest BCUT2D eigenvalue weighted by Gasteiger charge is 2.32. The number of carbonyl (C=O) groups excluding carboxylic acids is 2. The van der Waals surface area contributed by atoms with E-state index in [9.17, 15) is 22.8 Å². The van der Waals surface area contributed by atoms with E-state index in [1.54, 1.807) is 0 Å². The van der Waals surface area contributed by atoms with Gasteiger partial charge in [0.1, 0.15) is 5.54 Å². The molecule has 0 heterocycles. The van der Waals surface area contributed by atoms with E-state index >= 15 is 0 Å². The van der Waals surface area contributed by atoms with Gasteiger partial charge in [0.2, 0.25) is 5.91 Å². The minimum atomic E-state index is -4.88. The van der Waals surface area contributed by atoms with Gasteiger partial charge in [-0.3, -0.25) is 9.59 Å². The molecule has 0 aliphatic rings. The number of ether oxygens (including phenoxy) is 1. The fraction of sp³-hybridized carbons (Fsp3) is 0.333. The van der Waals surface area contributed by atoms with E-state index in [1.165, 1.54) is 13.8 Å². The number of benzene rings is 1. The Labute approximate surface area is 118 Å². The van der Waals surface area contributed by atoms with Gasteiger partial charge in [0.25, 0.3) is 5.91 Å². The van der Waals surface area contributed by atoms with E-state index in [4.69, 9.17) is 11.5 Å². The van der Waals surface area contributed by atoms with Crippen LogP contribution in [0.2, 0.25) is 0 Å². The molecule has 5 N–H and O–H groups in total. The summed E-state index contributed by atoms with van der Waals surface area (Å²) in [6, 6.07) is 3.01. The second-order valence-electron chi connectivity index (χ2n) is 4.74. The summed E-state index contributed by atoms with van der Waals surface area (Å²) >= 11 is 0. The summed E-state index contributed by atoms with van der Waals surface area (Å²) in [7, 11) is 0. The Morgan fingerprint density at radius 2 is 1.81 bits per heavy atom. The SMILES string of the molecule is CC(C)(NC(=O)c1ccc(OC(F)(F)F)c(N)c1)C(N)=O. The molecule has 0 aliphatic heterocycles. The molecule has 0 unspecified atom stereocenters. The van der Waals surface area contributed by atoms with Crippen LogP contribution >= 0.6 is 0 Å². The summed E-state index contributed by atoms with van der Waals surface area (Å²) in [4.78, 5) is 23.0. The summed E-state index contributed by atoms with van der Waals surface area (Å²) in [5.74, 6) is -2.09. The predicted molar refractivity (Wildman–Crippen MR) is 68.3 cm³/mol. The summed E-state index contributed by atoms with van der Waals surface area (Å²) < 4.78 is 39.9. The molecule has 0 aromatic heterocycles. The fourth-order valence-corrected chi connectivity index (χ4v) is 1.32. The van der Waals surface area contributed by atoms with Gasteiger partial charge in [-0.25, -0.2) is 0 Å². The molecular weight excluding hydrogens is 291 g/mol. The van der Waals surface area contributed by atoms with Gasteiger partial charge in [0, 0.05) is 5.56 Å². The molecule has 1 aromatic carbocycles. The van der Waals surface area contributed by atoms with Gasteiger partial charge in [-0.1, -0.05) is 0 Å². The maximum atomic E-state index is 12.1. The number of nitrogens with two attached hydrogens (primary N) is 2. The topological polar surface area (TPSA) is 107 Å². The summed E-state index contributed by atoms with van der Waals surface area (Å²) in [5, 5.41) is 2.33. The van der Waals surface area contributed by atoms with Crippen molar-refractivity contribution in [3.63, 3.8) is 0 Å². The van der Waals surface area contributed by atoms with Crippen LogP contribution in [0.1, 0.15) is 24.2 Å². The second-order valence-corrected chi connectivity index (χ2v) is 4.74. The number of amides is 2. The van der Waals surface area contributed by atoms with E-state index in [2.05, 4.69) is 10.1 Å². The molecule has 116 valence electrons. The van der Waals surface area contributed by atoms with Crippen LogP contribution in [0.5, 0.6) is 5.75 Å². The number of primary amides is 1. The molecular formula is C12H14F3N3O3. The van der Waals surface area contributed by atoms with Crippen LogP contribution in [0.25, 0.3) is 0 Å². The van der Waals surface area contributed by atoms with E-state index in [1.807, 2.05) is 0 Å². The number of hydrogen-bond donors (Lipinski definition) is 3. The van der Waals surface area contributed by atoms with Crippen molar-refractivity contribution in [2.24, 2.45) is 5.73 Å². The molecule has 0 fully saturated rings. The van der Waals surface area contributed by atoms with Gasteiger partial charge in [-0.05, 0) is 32.0 Å². The average Bonchev–Trinajstić information content (AvgIpc) is 2.29. The molecule has 0 bridgehead atoms. The highest BCUT2D eigenvalue weighted by molar-refractivity contribution is 5.99. The number of halogens is 3. The highest BCUT2D eigenvalue weighted by atomic mass is 19.4. The Morgan fingerprint density at radius 3 is 2.24 bits per heavy atom. The molecule has 0 saturated carbocycles. The highest BCUT2D eigenvalue weighted by Crippen LogP contribution is 2.29. The first-order valence-electron chi connectivity index (χ1n) is 5.70. The molecule has 9 heteroatoms. The van der Waals surface area contributed by atoms with Crippen LogP contribution in [0.4, 0.5) is 18.9 Å². The Balaban J connectivity index is 2.94. The van der Waals surface area contributed by atoms with Crippen molar-refractivity contribution in [1.82, 2.24) is 5.32 Å². The number of alkyl halides is 3. The zero-order valence-electron chi connectivity index (χ0n) is 11.2. The lowest BCUT2D eigenvalue weighted by Crippen LogP contribution is -2.53. The van der Waals surface area contributed by atoms with Gasteiger partial charge in [0.05, 0.1) is 5.69 Å². The number of nitrogen functional groups attached to an aromatic ring is 1. The van der Waals surface area contributed by atoms with E-state index in [0.717, 1.165) is 18.2 Å². The van der Waals surface area contributed by atoms with Crippen molar-refractivity contribution >= 4 is 17.5 Å². The van der Waals surface area contributed by atoms with Crippen LogP contribution in [-0.4, -0.2) is 23.7 Å². The zero-order valence-corrected chi connectivity index (χ0v) is 11.2. The van der Waals surface area contributed by atoms with E-state index < -0.39 is 29.5 Å². The molecule has 6 nitrogen and oxygen atoms in total. The quantitative estimate of drug-likeness (QED) is 0.725. The molecule has 0 saturated heterocycles. The maximum absolute atomic E-state index is 12.1. The molecule has 21 heavy (non-hydrogen) atoms. The summed E-state index contributed by atoms with van der Waals surface area (Å²) in [6.45, 7) is 2.77. The van der Waals surface area contributed by atoms with Crippen molar-refractivity contribution in [3.8, 4) is 5.75 Å². The standard InChI is InChI=1S/C12H14F3N3O3/c1-11(2,10(17)20)18-9(19)6-3-4-8(7(16)5-6)21-12(13,14)15/h3-5H,16H2,1-2H3,(H2,17,20)(H,18,19). The van der Waals surface area contributed by atoms with Crippen molar-refractivity contribution < 1.29 is 27.5 Å². The Bertz CT molecular complexity index is 571. The molecule has 0 aliphatic carbocycles. The van der Waals surface area contributed by atoms with Crippen molar-refractivity contribution in [3.05, 3.63) is 23.8 Å². The van der Waals surface area contributed by atoms with Crippen LogP contribution in [0, 0.1) is 0 Å². The molecule has 0 atom stereocenters. The second kappa shape index (κ2) is 5.51. The summed E-state index contributed by atoms with van der Waals surface area (Å²) in [5.41, 5.74) is 8.78. The Kier molecular flexibility index (Phi) is 4.35. The minimum absolute atomic E-state index is 0.0312. The first-order valence-corrected chi connectivity index (χ1v) is 5.70. The van der Waals surface area contributed by atoms with E-state index in [-0.39, 0.29) is 11.3 Å². The lowest BCUT2D eigenvalue weighted by atomic mass is 10.0. The van der Waals surface area contributed by atoms with Crippen LogP contribution in [0.15, 0.2) is 18.2 Å². The third-order valence-corrected chi connectivity index (χ3v) is 2.54. The minimum Gasteiger partial charge on any atom is -0.404 e. The Hall–Kier alpha value is -2.45. The molecule has 1 aromatic rings. The molecule has 0 spiro atoms. The number of nitrogens with one attached hydrogen (secondary N) is 1. The lowest BCUT2D eigenvalue weighted by molar-refractivity contribution is -0.274. The molecule has 1 rings (SSSR count). The fourth-order valence-electron chi connectivity index (χ4n) is 1.32. The third-order valence-electron chi connectivity index (χ3n) is 2.54. The first kappa shape index (κ1) is 16.6. The predicted octanol–water partition coefficient (Wildman–Crippen LogP) is 1.16. The van der Waals surface area contributed by atoms with Crippen LogP contribution < -0.4 is 21.5 Å². The van der Waals surface area contributed by atoms with Crippen molar-refractivity contribution in [2.45, 2.75) is 25.7 Å². The van der Waals surface area contributed by atoms with Crippen LogP contribution in [0.3, 0.4) is 0 Å². The number of hydrogen-bond acceptors (Lipinski definition) is 4. The van der Waals surface area contributed by atoms with Crippen molar-refractivity contribution in [1.29, 1.82) is 0 Å². The number of anilines is 1. The van der Waals surface area contributed by atoms with E-state index in [0.29, 0.717) is 0 Å². The van der Waals surface area contributed by atoms with Gasteiger partial charge >= 0.3 is 6.36 Å². The maximum Gasteiger partial charge on any atom is 0.573 e. The smallest absolute Gasteiger partial charge is 0.404 e. The third kappa shape index (κ3) is 4.55. The monoisotopic (exact) mass is 305 g/mol. The van der Waals surface area contributed by atoms with Gasteiger partial charge < -0.3 is 21.5 Å². The number of rotatable bonds is 4. The molecule has 2 amide bonds. The van der Waals surface area contributed by atoms with Crippen LogP contribution in [-0.2, 0) is 4.79 Å². The lowest BCUT2D eigenvalue weighted by Gasteiger charge is -2.22. The number of carbonyl (C=O) groups is 2. The van der Waals surface area contributed by atoms with Crippen molar-refractivity contribution in [2.75, 3.05) is 5.73 Å². The van der Waals surface area contributed by atoms with Gasteiger partial charge in [0.15, 0.2) is 5.75 Å². The largest absolute Gasteiger partial charge is 0.573 e. The average molecular weight is 305 g/mol. The molecule has 0 radical (unpaired) electrons. The van der Waals surface area contributed by atoms with Gasteiger partial charge in [-0.15, -0.1) is 13.2 Å².